The lowest BCUT2D eigenvalue weighted by atomic mass is 10.2. The fraction of sp³-hybridized carbons (Fsp3) is 0.200. The summed E-state index contributed by atoms with van der Waals surface area (Å²) in [5, 5.41) is 2.94. The van der Waals surface area contributed by atoms with Crippen molar-refractivity contribution in [3.63, 3.8) is 0 Å². The van der Waals surface area contributed by atoms with Crippen LogP contribution in [0.2, 0.25) is 0 Å². The zero-order valence-corrected chi connectivity index (χ0v) is 12.5. The second kappa shape index (κ2) is 6.81. The van der Waals surface area contributed by atoms with E-state index >= 15 is 0 Å². The molecule has 0 bridgehead atoms. The van der Waals surface area contributed by atoms with E-state index in [-0.39, 0.29) is 18.2 Å². The van der Waals surface area contributed by atoms with Gasteiger partial charge in [-0.3, -0.25) is 0 Å². The van der Waals surface area contributed by atoms with Gasteiger partial charge in [0.05, 0.1) is 0 Å². The van der Waals surface area contributed by atoms with Crippen molar-refractivity contribution in [1.82, 2.24) is 5.32 Å². The van der Waals surface area contributed by atoms with Crippen LogP contribution >= 0.6 is 15.9 Å². The molecule has 2 nitrogen and oxygen atoms in total. The minimum atomic E-state index is -0.336. The molecule has 2 rings (SSSR count). The number of hydrogen-bond donors (Lipinski definition) is 1. The summed E-state index contributed by atoms with van der Waals surface area (Å²) in [5.41, 5.74) is 1.15. The molecular weight excluding hydrogens is 328 g/mol. The lowest BCUT2D eigenvalue weighted by molar-refractivity contribution is 0.295. The maximum Gasteiger partial charge on any atom is 0.130 e. The van der Waals surface area contributed by atoms with Crippen molar-refractivity contribution in [2.75, 3.05) is 7.05 Å². The topological polar surface area (TPSA) is 21.3 Å². The monoisotopic (exact) mass is 341 g/mol. The van der Waals surface area contributed by atoms with E-state index < -0.39 is 0 Å². The van der Waals surface area contributed by atoms with Crippen molar-refractivity contribution in [1.29, 1.82) is 0 Å². The lowest BCUT2D eigenvalue weighted by Crippen LogP contribution is -2.08. The molecule has 2 aromatic rings. The maximum absolute atomic E-state index is 13.7. The molecule has 0 unspecified atom stereocenters. The highest BCUT2D eigenvalue weighted by Gasteiger charge is 2.08. The van der Waals surface area contributed by atoms with Gasteiger partial charge in [-0.1, -0.05) is 22.0 Å². The first-order valence-electron chi connectivity index (χ1n) is 6.10. The van der Waals surface area contributed by atoms with Crippen LogP contribution < -0.4 is 10.1 Å². The summed E-state index contributed by atoms with van der Waals surface area (Å²) in [6.07, 6.45) is 0. The van der Waals surface area contributed by atoms with Gasteiger partial charge in [0.1, 0.15) is 24.0 Å². The summed E-state index contributed by atoms with van der Waals surface area (Å²) in [5.74, 6) is -0.114. The third kappa shape index (κ3) is 3.77. The summed E-state index contributed by atoms with van der Waals surface area (Å²) in [4.78, 5) is 0. The molecule has 0 spiro atoms. The van der Waals surface area contributed by atoms with E-state index in [1.807, 2.05) is 0 Å². The first kappa shape index (κ1) is 14.9. The molecule has 20 heavy (non-hydrogen) atoms. The summed E-state index contributed by atoms with van der Waals surface area (Å²) in [7, 11) is 1.77. The highest BCUT2D eigenvalue weighted by molar-refractivity contribution is 9.10. The molecule has 0 saturated carbocycles. The van der Waals surface area contributed by atoms with Crippen LogP contribution in [0.5, 0.6) is 5.75 Å². The van der Waals surface area contributed by atoms with Gasteiger partial charge in [-0.15, -0.1) is 0 Å². The average molecular weight is 342 g/mol. The summed E-state index contributed by atoms with van der Waals surface area (Å²) < 4.78 is 33.1. The van der Waals surface area contributed by atoms with Gasteiger partial charge in [0.15, 0.2) is 0 Å². The van der Waals surface area contributed by atoms with E-state index in [0.717, 1.165) is 0 Å². The molecule has 0 fully saturated rings. The van der Waals surface area contributed by atoms with Crippen LogP contribution in [0.3, 0.4) is 0 Å². The van der Waals surface area contributed by atoms with E-state index in [4.69, 9.17) is 4.74 Å². The second-order valence-electron chi connectivity index (χ2n) is 4.31. The Morgan fingerprint density at radius 2 is 1.90 bits per heavy atom. The van der Waals surface area contributed by atoms with Crippen LogP contribution in [0.1, 0.15) is 11.1 Å². The molecule has 0 heterocycles. The van der Waals surface area contributed by atoms with Crippen LogP contribution in [0.4, 0.5) is 8.78 Å². The van der Waals surface area contributed by atoms with E-state index in [2.05, 4.69) is 21.2 Å². The Morgan fingerprint density at radius 1 is 1.10 bits per heavy atom. The van der Waals surface area contributed by atoms with Gasteiger partial charge in [0, 0.05) is 22.1 Å². The van der Waals surface area contributed by atoms with Crippen molar-refractivity contribution in [2.45, 2.75) is 13.2 Å². The first-order chi connectivity index (χ1) is 9.60. The predicted octanol–water partition coefficient (Wildman–Crippen LogP) is 4.03. The summed E-state index contributed by atoms with van der Waals surface area (Å²) >= 11 is 3.20. The van der Waals surface area contributed by atoms with Gasteiger partial charge in [-0.2, -0.15) is 0 Å². The number of ether oxygens (including phenoxy) is 1. The molecule has 2 aromatic carbocycles. The molecule has 0 saturated heterocycles. The van der Waals surface area contributed by atoms with Gasteiger partial charge in [0.2, 0.25) is 0 Å². The fourth-order valence-corrected chi connectivity index (χ4v) is 2.14. The SMILES string of the molecule is CNCc1cc(F)ccc1OCc1ccc(Br)cc1F. The number of hydrogen-bond acceptors (Lipinski definition) is 2. The van der Waals surface area contributed by atoms with Crippen LogP contribution in [-0.2, 0) is 13.2 Å². The Labute approximate surface area is 124 Å². The quantitative estimate of drug-likeness (QED) is 0.886. The Kier molecular flexibility index (Phi) is 5.09. The van der Waals surface area contributed by atoms with Gasteiger partial charge in [-0.05, 0) is 37.4 Å². The second-order valence-corrected chi connectivity index (χ2v) is 5.22. The van der Waals surface area contributed by atoms with E-state index in [9.17, 15) is 8.78 Å². The molecule has 0 atom stereocenters. The average Bonchev–Trinajstić information content (AvgIpc) is 2.40. The minimum absolute atomic E-state index is 0.0987. The van der Waals surface area contributed by atoms with Gasteiger partial charge in [-0.25, -0.2) is 8.78 Å². The minimum Gasteiger partial charge on any atom is -0.488 e. The largest absolute Gasteiger partial charge is 0.488 e. The lowest BCUT2D eigenvalue weighted by Gasteiger charge is -2.12. The molecule has 0 aliphatic heterocycles. The fourth-order valence-electron chi connectivity index (χ4n) is 1.81. The van der Waals surface area contributed by atoms with Crippen LogP contribution in [0.25, 0.3) is 0 Å². The van der Waals surface area contributed by atoms with Gasteiger partial charge >= 0.3 is 0 Å². The molecule has 0 radical (unpaired) electrons. The van der Waals surface area contributed by atoms with Crippen molar-refractivity contribution in [3.05, 3.63) is 63.6 Å². The Hall–Kier alpha value is -1.46. The van der Waals surface area contributed by atoms with E-state index in [1.54, 1.807) is 25.2 Å². The summed E-state index contributed by atoms with van der Waals surface area (Å²) in [6.45, 7) is 0.581. The number of halogens is 3. The molecule has 0 amide bonds. The zero-order valence-electron chi connectivity index (χ0n) is 10.9. The van der Waals surface area contributed by atoms with Gasteiger partial charge < -0.3 is 10.1 Å². The molecular formula is C15H14BrF2NO. The van der Waals surface area contributed by atoms with E-state index in [0.29, 0.717) is 27.9 Å². The molecule has 1 N–H and O–H groups in total. The third-order valence-corrected chi connectivity index (χ3v) is 3.28. The van der Waals surface area contributed by atoms with Crippen LogP contribution in [0, 0.1) is 11.6 Å². The molecule has 106 valence electrons. The Balaban J connectivity index is 2.14. The Morgan fingerprint density at radius 3 is 2.60 bits per heavy atom. The zero-order chi connectivity index (χ0) is 14.5. The molecule has 5 heteroatoms. The van der Waals surface area contributed by atoms with Crippen molar-refractivity contribution < 1.29 is 13.5 Å². The van der Waals surface area contributed by atoms with Crippen molar-refractivity contribution >= 4 is 15.9 Å². The third-order valence-electron chi connectivity index (χ3n) is 2.79. The summed E-state index contributed by atoms with van der Waals surface area (Å²) in [6, 6.07) is 9.08. The first-order valence-corrected chi connectivity index (χ1v) is 6.89. The van der Waals surface area contributed by atoms with Crippen LogP contribution in [0.15, 0.2) is 40.9 Å². The van der Waals surface area contributed by atoms with Crippen molar-refractivity contribution in [3.8, 4) is 5.75 Å². The van der Waals surface area contributed by atoms with Crippen molar-refractivity contribution in [2.24, 2.45) is 0 Å². The standard InChI is InChI=1S/C15H14BrF2NO/c1-19-8-11-6-13(17)4-5-15(11)20-9-10-2-3-12(16)7-14(10)18/h2-7,19H,8-9H2,1H3. The predicted molar refractivity (Wildman–Crippen MR) is 77.6 cm³/mol. The molecule has 0 aliphatic rings. The maximum atomic E-state index is 13.7. The number of nitrogens with one attached hydrogen (secondary N) is 1. The Bertz CT molecular complexity index is 604. The van der Waals surface area contributed by atoms with Gasteiger partial charge in [0.25, 0.3) is 0 Å². The smallest absolute Gasteiger partial charge is 0.130 e. The highest BCUT2D eigenvalue weighted by atomic mass is 79.9. The highest BCUT2D eigenvalue weighted by Crippen LogP contribution is 2.22. The molecule has 0 aromatic heterocycles. The number of rotatable bonds is 5. The molecule has 0 aliphatic carbocycles. The van der Waals surface area contributed by atoms with E-state index in [1.165, 1.54) is 18.2 Å². The number of benzene rings is 2. The normalized spacial score (nSPS) is 10.6. The van der Waals surface area contributed by atoms with Crippen LogP contribution in [-0.4, -0.2) is 7.05 Å².